The maximum absolute atomic E-state index is 10.4. The predicted molar refractivity (Wildman–Crippen MR) is 76.3 cm³/mol. The van der Waals surface area contributed by atoms with Crippen LogP contribution in [-0.2, 0) is 4.74 Å². The second-order valence-corrected chi connectivity index (χ2v) is 5.93. The van der Waals surface area contributed by atoms with Crippen molar-refractivity contribution < 1.29 is 30.3 Å². The smallest absolute Gasteiger partial charge is 0.168 e. The minimum Gasteiger partial charge on any atom is -0.394 e. The van der Waals surface area contributed by atoms with Crippen molar-refractivity contribution in [2.75, 3.05) is 6.61 Å². The van der Waals surface area contributed by atoms with Crippen molar-refractivity contribution in [2.24, 2.45) is 5.73 Å². The van der Waals surface area contributed by atoms with Gasteiger partial charge in [-0.25, -0.2) is 0 Å². The van der Waals surface area contributed by atoms with E-state index >= 15 is 0 Å². The van der Waals surface area contributed by atoms with Gasteiger partial charge in [0, 0.05) is 12.8 Å². The first-order chi connectivity index (χ1) is 9.84. The van der Waals surface area contributed by atoms with Crippen LogP contribution in [0.1, 0.15) is 45.4 Å². The maximum Gasteiger partial charge on any atom is 0.168 e. The fourth-order valence-corrected chi connectivity index (χ4v) is 2.68. The summed E-state index contributed by atoms with van der Waals surface area (Å²) in [5.74, 6) is -1.57. The molecule has 1 aliphatic heterocycles. The van der Waals surface area contributed by atoms with E-state index in [0.29, 0.717) is 6.42 Å². The van der Waals surface area contributed by atoms with Gasteiger partial charge in [-0.2, -0.15) is 0 Å². The third kappa shape index (κ3) is 5.14. The zero-order valence-electron chi connectivity index (χ0n) is 12.6. The molecule has 0 aliphatic carbocycles. The van der Waals surface area contributed by atoms with Crippen LogP contribution < -0.4 is 5.73 Å². The lowest BCUT2D eigenvalue weighted by Gasteiger charge is -2.45. The average molecular weight is 307 g/mol. The van der Waals surface area contributed by atoms with Gasteiger partial charge >= 0.3 is 0 Å². The summed E-state index contributed by atoms with van der Waals surface area (Å²) in [6.07, 6.45) is -0.988. The summed E-state index contributed by atoms with van der Waals surface area (Å²) in [4.78, 5) is 0. The van der Waals surface area contributed by atoms with Gasteiger partial charge in [0.2, 0.25) is 0 Å². The highest BCUT2D eigenvalue weighted by Crippen LogP contribution is 2.32. The van der Waals surface area contributed by atoms with Crippen LogP contribution in [0.3, 0.4) is 0 Å². The molecule has 0 aromatic rings. The second kappa shape index (κ2) is 8.38. The Bertz CT molecular complexity index is 305. The van der Waals surface area contributed by atoms with Crippen LogP contribution in [0.5, 0.6) is 0 Å². The van der Waals surface area contributed by atoms with Crippen molar-refractivity contribution in [3.8, 4) is 0 Å². The second-order valence-electron chi connectivity index (χ2n) is 5.93. The molecule has 0 amide bonds. The number of ether oxygens (including phenoxy) is 1. The van der Waals surface area contributed by atoms with Gasteiger partial charge in [-0.3, -0.25) is 0 Å². The van der Waals surface area contributed by atoms with E-state index in [4.69, 9.17) is 15.6 Å². The van der Waals surface area contributed by atoms with Crippen LogP contribution in [-0.4, -0.2) is 68.4 Å². The molecule has 7 nitrogen and oxygen atoms in total. The molecule has 1 saturated heterocycles. The lowest BCUT2D eigenvalue weighted by atomic mass is 9.87. The molecule has 7 heteroatoms. The summed E-state index contributed by atoms with van der Waals surface area (Å²) in [5, 5.41) is 48.7. The molecule has 6 atom stereocenters. The molecule has 0 unspecified atom stereocenters. The van der Waals surface area contributed by atoms with E-state index in [9.17, 15) is 20.4 Å². The van der Waals surface area contributed by atoms with Gasteiger partial charge in [-0.05, 0) is 6.42 Å². The lowest BCUT2D eigenvalue weighted by molar-refractivity contribution is -0.301. The largest absolute Gasteiger partial charge is 0.394 e. The van der Waals surface area contributed by atoms with Crippen molar-refractivity contribution in [3.05, 3.63) is 0 Å². The normalized spacial score (nSPS) is 36.4. The summed E-state index contributed by atoms with van der Waals surface area (Å²) in [7, 11) is 0. The van der Waals surface area contributed by atoms with Crippen molar-refractivity contribution in [3.63, 3.8) is 0 Å². The highest BCUT2D eigenvalue weighted by atomic mass is 16.6. The molecular weight excluding hydrogens is 278 g/mol. The molecule has 0 radical (unpaired) electrons. The first kappa shape index (κ1) is 18.8. The van der Waals surface area contributed by atoms with E-state index < -0.39 is 42.9 Å². The highest BCUT2D eigenvalue weighted by molar-refractivity contribution is 4.96. The van der Waals surface area contributed by atoms with Crippen molar-refractivity contribution >= 4 is 0 Å². The molecular formula is C14H29NO6. The molecule has 0 spiro atoms. The molecule has 0 saturated carbocycles. The van der Waals surface area contributed by atoms with Gasteiger partial charge in [0.1, 0.15) is 18.3 Å². The fraction of sp³-hybridized carbons (Fsp3) is 1.00. The Hall–Kier alpha value is -0.280. The SMILES string of the molecule is CCCCCC[C@]1(O)C[C@H](O)[C@@H](N)[C@H]([C@H](O)[C@H](O)CO)O1. The minimum absolute atomic E-state index is 0.0290. The van der Waals surface area contributed by atoms with E-state index in [-0.39, 0.29) is 6.42 Å². The van der Waals surface area contributed by atoms with Gasteiger partial charge in [0.05, 0.1) is 18.8 Å². The molecule has 1 heterocycles. The minimum atomic E-state index is -1.57. The lowest BCUT2D eigenvalue weighted by Crippen LogP contribution is -2.63. The molecule has 126 valence electrons. The monoisotopic (exact) mass is 307 g/mol. The quantitative estimate of drug-likeness (QED) is 0.311. The number of nitrogens with two attached hydrogens (primary N) is 1. The third-order valence-corrected chi connectivity index (χ3v) is 4.05. The van der Waals surface area contributed by atoms with Crippen LogP contribution >= 0.6 is 0 Å². The van der Waals surface area contributed by atoms with Crippen molar-refractivity contribution in [2.45, 2.75) is 81.7 Å². The van der Waals surface area contributed by atoms with Gasteiger partial charge in [0.15, 0.2) is 5.79 Å². The molecule has 1 aliphatic rings. The molecule has 21 heavy (non-hydrogen) atoms. The Morgan fingerprint density at radius 3 is 2.52 bits per heavy atom. The van der Waals surface area contributed by atoms with E-state index in [1.165, 1.54) is 0 Å². The summed E-state index contributed by atoms with van der Waals surface area (Å²) in [6.45, 7) is 1.43. The summed E-state index contributed by atoms with van der Waals surface area (Å²) < 4.78 is 5.47. The van der Waals surface area contributed by atoms with Crippen LogP contribution in [0.25, 0.3) is 0 Å². The summed E-state index contributed by atoms with van der Waals surface area (Å²) in [6, 6.07) is -0.933. The number of aliphatic hydroxyl groups is 5. The number of hydrogen-bond acceptors (Lipinski definition) is 7. The number of unbranched alkanes of at least 4 members (excludes halogenated alkanes) is 3. The van der Waals surface area contributed by atoms with Crippen LogP contribution in [0.15, 0.2) is 0 Å². The van der Waals surface area contributed by atoms with Gasteiger partial charge in [-0.15, -0.1) is 0 Å². The summed E-state index contributed by atoms with van der Waals surface area (Å²) >= 11 is 0. The zero-order chi connectivity index (χ0) is 16.0. The topological polar surface area (TPSA) is 136 Å². The first-order valence-corrected chi connectivity index (χ1v) is 7.65. The van der Waals surface area contributed by atoms with Gasteiger partial charge in [0.25, 0.3) is 0 Å². The number of hydrogen-bond donors (Lipinski definition) is 6. The highest BCUT2D eigenvalue weighted by Gasteiger charge is 2.47. The van der Waals surface area contributed by atoms with E-state index in [1.807, 2.05) is 0 Å². The molecule has 1 fully saturated rings. The summed E-state index contributed by atoms with van der Waals surface area (Å²) in [5.41, 5.74) is 5.77. The molecule has 0 aromatic heterocycles. The Kier molecular flexibility index (Phi) is 7.49. The molecule has 1 rings (SSSR count). The van der Waals surface area contributed by atoms with E-state index in [2.05, 4.69) is 6.92 Å². The van der Waals surface area contributed by atoms with Gasteiger partial charge < -0.3 is 36.0 Å². The standard InChI is InChI=1S/C14H29NO6/c1-2-3-4-5-6-14(20)7-9(17)11(15)13(21-14)12(19)10(18)8-16/h9-13,16-20H,2-8,15H2,1H3/t9-,10+,11+,12+,13+,14+/m0/s1. The molecule has 0 bridgehead atoms. The van der Waals surface area contributed by atoms with Crippen molar-refractivity contribution in [1.29, 1.82) is 0 Å². The van der Waals surface area contributed by atoms with Crippen LogP contribution in [0.4, 0.5) is 0 Å². The first-order valence-electron chi connectivity index (χ1n) is 7.65. The Morgan fingerprint density at radius 2 is 1.95 bits per heavy atom. The van der Waals surface area contributed by atoms with Crippen molar-refractivity contribution in [1.82, 2.24) is 0 Å². The maximum atomic E-state index is 10.4. The Morgan fingerprint density at radius 1 is 1.29 bits per heavy atom. The van der Waals surface area contributed by atoms with Crippen LogP contribution in [0.2, 0.25) is 0 Å². The average Bonchev–Trinajstić information content (AvgIpc) is 2.46. The van der Waals surface area contributed by atoms with E-state index in [0.717, 1.165) is 25.7 Å². The number of aliphatic hydroxyl groups excluding tert-OH is 4. The zero-order valence-corrected chi connectivity index (χ0v) is 12.6. The van der Waals surface area contributed by atoms with Crippen LogP contribution in [0, 0.1) is 0 Å². The molecule has 0 aromatic carbocycles. The molecule has 7 N–H and O–H groups in total. The Balaban J connectivity index is 2.67. The van der Waals surface area contributed by atoms with E-state index in [1.54, 1.807) is 0 Å². The Labute approximate surface area is 125 Å². The van der Waals surface area contributed by atoms with Gasteiger partial charge in [-0.1, -0.05) is 26.2 Å². The third-order valence-electron chi connectivity index (χ3n) is 4.05. The fourth-order valence-electron chi connectivity index (χ4n) is 2.68. The predicted octanol–water partition coefficient (Wildman–Crippen LogP) is -1.16. The number of rotatable bonds is 8.